The number of sulfonamides is 1. The Kier molecular flexibility index (Phi) is 8.00. The second kappa shape index (κ2) is 10.2. The maximum absolute atomic E-state index is 12.5. The summed E-state index contributed by atoms with van der Waals surface area (Å²) in [7, 11) is -2.49. The Morgan fingerprint density at radius 2 is 1.66 bits per heavy atom. The molecule has 0 saturated heterocycles. The van der Waals surface area contributed by atoms with E-state index in [1.807, 2.05) is 6.92 Å². The second-order valence-corrected chi connectivity index (χ2v) is 8.51. The number of hydrogen-bond acceptors (Lipinski definition) is 5. The first kappa shape index (κ1) is 22.7. The van der Waals surface area contributed by atoms with Gasteiger partial charge in [0.25, 0.3) is 5.91 Å². The van der Waals surface area contributed by atoms with Crippen LogP contribution in [0.3, 0.4) is 0 Å². The Morgan fingerprint density at radius 3 is 2.24 bits per heavy atom. The summed E-state index contributed by atoms with van der Waals surface area (Å²) in [6.45, 7) is 1.87. The van der Waals surface area contributed by atoms with Crippen LogP contribution in [0.1, 0.15) is 6.92 Å². The summed E-state index contributed by atoms with van der Waals surface area (Å²) < 4.78 is 31.3. The van der Waals surface area contributed by atoms with Gasteiger partial charge >= 0.3 is 0 Å². The van der Waals surface area contributed by atoms with Crippen LogP contribution in [0.5, 0.6) is 5.75 Å². The fraction of sp³-hybridized carbons (Fsp3) is 0.263. The molecule has 0 unspecified atom stereocenters. The molecule has 2 rings (SSSR count). The molecule has 0 spiro atoms. The predicted octanol–water partition coefficient (Wildman–Crippen LogP) is 2.11. The summed E-state index contributed by atoms with van der Waals surface area (Å²) in [4.78, 5) is 23.6. The highest BCUT2D eigenvalue weighted by atomic mass is 35.5. The van der Waals surface area contributed by atoms with Crippen molar-refractivity contribution in [2.45, 2.75) is 11.8 Å². The van der Waals surface area contributed by atoms with E-state index < -0.39 is 15.9 Å². The molecule has 2 amide bonds. The van der Waals surface area contributed by atoms with Crippen LogP contribution in [0.4, 0.5) is 5.69 Å². The van der Waals surface area contributed by atoms with Crippen molar-refractivity contribution in [1.82, 2.24) is 9.62 Å². The van der Waals surface area contributed by atoms with Crippen LogP contribution in [0.25, 0.3) is 0 Å². The van der Waals surface area contributed by atoms with Crippen LogP contribution >= 0.6 is 11.6 Å². The van der Waals surface area contributed by atoms with E-state index in [0.717, 1.165) is 4.31 Å². The van der Waals surface area contributed by atoms with Gasteiger partial charge in [0.05, 0.1) is 11.4 Å². The van der Waals surface area contributed by atoms with Crippen LogP contribution in [-0.4, -0.2) is 51.3 Å². The van der Waals surface area contributed by atoms with Gasteiger partial charge in [-0.25, -0.2) is 8.42 Å². The number of halogens is 1. The molecule has 29 heavy (non-hydrogen) atoms. The standard InChI is InChI=1S/C19H22ClN3O5S/c1-3-21-19(25)13-28-16-8-6-15(7-9-16)22-18(24)12-23(2)29(26,27)17-10-4-14(20)5-11-17/h4-11H,3,12-13H2,1-2H3,(H,21,25)(H,22,24). The number of hydrogen-bond donors (Lipinski definition) is 2. The Hall–Kier alpha value is -2.62. The summed E-state index contributed by atoms with van der Waals surface area (Å²) >= 11 is 5.78. The number of likely N-dealkylation sites (N-methyl/N-ethyl adjacent to an activating group) is 2. The summed E-state index contributed by atoms with van der Waals surface area (Å²) in [5, 5.41) is 5.65. The number of ether oxygens (including phenoxy) is 1. The Bertz CT molecular complexity index is 947. The molecule has 2 N–H and O–H groups in total. The largest absolute Gasteiger partial charge is 0.484 e. The molecule has 156 valence electrons. The minimum Gasteiger partial charge on any atom is -0.484 e. The molecule has 0 heterocycles. The number of nitrogens with one attached hydrogen (secondary N) is 2. The molecule has 2 aromatic carbocycles. The van der Waals surface area contributed by atoms with E-state index >= 15 is 0 Å². The first-order valence-electron chi connectivity index (χ1n) is 8.73. The molecule has 2 aromatic rings. The first-order valence-corrected chi connectivity index (χ1v) is 10.6. The normalized spacial score (nSPS) is 11.2. The molecule has 10 heteroatoms. The number of benzene rings is 2. The lowest BCUT2D eigenvalue weighted by atomic mass is 10.3. The lowest BCUT2D eigenvalue weighted by molar-refractivity contribution is -0.123. The lowest BCUT2D eigenvalue weighted by Crippen LogP contribution is -2.34. The van der Waals surface area contributed by atoms with E-state index in [0.29, 0.717) is 23.0 Å². The monoisotopic (exact) mass is 439 g/mol. The van der Waals surface area contributed by atoms with Crippen molar-refractivity contribution in [2.24, 2.45) is 0 Å². The number of amides is 2. The van der Waals surface area contributed by atoms with Crippen molar-refractivity contribution in [3.63, 3.8) is 0 Å². The molecule has 0 aliphatic heterocycles. The summed E-state index contributed by atoms with van der Waals surface area (Å²) in [5.41, 5.74) is 0.470. The summed E-state index contributed by atoms with van der Waals surface area (Å²) in [5.74, 6) is -0.257. The molecular weight excluding hydrogens is 418 g/mol. The third-order valence-corrected chi connectivity index (χ3v) is 5.84. The molecule has 0 bridgehead atoms. The quantitative estimate of drug-likeness (QED) is 0.622. The Morgan fingerprint density at radius 1 is 1.03 bits per heavy atom. The number of carbonyl (C=O) groups is 2. The number of anilines is 1. The molecular formula is C19H22ClN3O5S. The predicted molar refractivity (Wildman–Crippen MR) is 111 cm³/mol. The van der Waals surface area contributed by atoms with Crippen LogP contribution in [-0.2, 0) is 19.6 Å². The van der Waals surface area contributed by atoms with E-state index in [4.69, 9.17) is 16.3 Å². The molecule has 0 radical (unpaired) electrons. The first-order chi connectivity index (χ1) is 13.7. The fourth-order valence-electron chi connectivity index (χ4n) is 2.31. The minimum absolute atomic E-state index is 0.0470. The molecule has 0 fully saturated rings. The van der Waals surface area contributed by atoms with Gasteiger partial charge in [0.1, 0.15) is 5.75 Å². The molecule has 0 aliphatic rings. The topological polar surface area (TPSA) is 105 Å². The van der Waals surface area contributed by atoms with Crippen LogP contribution < -0.4 is 15.4 Å². The van der Waals surface area contributed by atoms with Gasteiger partial charge in [-0.15, -0.1) is 0 Å². The highest BCUT2D eigenvalue weighted by Crippen LogP contribution is 2.18. The van der Waals surface area contributed by atoms with Gasteiger partial charge in [-0.1, -0.05) is 11.6 Å². The zero-order valence-corrected chi connectivity index (χ0v) is 17.6. The van der Waals surface area contributed by atoms with Crippen LogP contribution in [0, 0.1) is 0 Å². The van der Waals surface area contributed by atoms with Gasteiger partial charge in [0.2, 0.25) is 15.9 Å². The maximum atomic E-state index is 12.5. The Balaban J connectivity index is 1.91. The van der Waals surface area contributed by atoms with Crippen LogP contribution in [0.2, 0.25) is 5.02 Å². The molecule has 0 aliphatic carbocycles. The van der Waals surface area contributed by atoms with Gasteiger partial charge in [0.15, 0.2) is 6.61 Å². The third kappa shape index (κ3) is 6.74. The van der Waals surface area contributed by atoms with Gasteiger partial charge < -0.3 is 15.4 Å². The molecule has 0 atom stereocenters. The van der Waals surface area contributed by atoms with Crippen LogP contribution in [0.15, 0.2) is 53.4 Å². The van der Waals surface area contributed by atoms with E-state index in [1.165, 1.54) is 31.3 Å². The zero-order chi connectivity index (χ0) is 21.4. The Labute approximate surface area is 174 Å². The minimum atomic E-state index is -3.81. The fourth-order valence-corrected chi connectivity index (χ4v) is 3.56. The van der Waals surface area contributed by atoms with E-state index in [2.05, 4.69) is 10.6 Å². The second-order valence-electron chi connectivity index (χ2n) is 6.03. The molecule has 0 aromatic heterocycles. The molecule has 0 saturated carbocycles. The van der Waals surface area contributed by atoms with Gasteiger partial charge in [0, 0.05) is 24.3 Å². The van der Waals surface area contributed by atoms with Crippen molar-refractivity contribution < 1.29 is 22.7 Å². The van der Waals surface area contributed by atoms with Crippen molar-refractivity contribution in [3.05, 3.63) is 53.6 Å². The highest BCUT2D eigenvalue weighted by molar-refractivity contribution is 7.89. The number of carbonyl (C=O) groups excluding carboxylic acids is 2. The summed E-state index contributed by atoms with van der Waals surface area (Å²) in [6, 6.07) is 12.1. The highest BCUT2D eigenvalue weighted by Gasteiger charge is 2.22. The smallest absolute Gasteiger partial charge is 0.257 e. The van der Waals surface area contributed by atoms with Gasteiger partial charge in [-0.05, 0) is 55.5 Å². The van der Waals surface area contributed by atoms with Crippen molar-refractivity contribution in [3.8, 4) is 5.75 Å². The van der Waals surface area contributed by atoms with E-state index in [-0.39, 0.29) is 24.0 Å². The number of nitrogens with zero attached hydrogens (tertiary/aromatic N) is 1. The van der Waals surface area contributed by atoms with E-state index in [1.54, 1.807) is 24.3 Å². The zero-order valence-electron chi connectivity index (χ0n) is 16.0. The molecule has 8 nitrogen and oxygen atoms in total. The SMILES string of the molecule is CCNC(=O)COc1ccc(NC(=O)CN(C)S(=O)(=O)c2ccc(Cl)cc2)cc1. The van der Waals surface area contributed by atoms with Crippen molar-refractivity contribution in [1.29, 1.82) is 0 Å². The third-order valence-electron chi connectivity index (χ3n) is 3.77. The maximum Gasteiger partial charge on any atom is 0.257 e. The van der Waals surface area contributed by atoms with Gasteiger partial charge in [-0.3, -0.25) is 9.59 Å². The van der Waals surface area contributed by atoms with Crippen molar-refractivity contribution in [2.75, 3.05) is 32.1 Å². The van der Waals surface area contributed by atoms with Gasteiger partial charge in [-0.2, -0.15) is 4.31 Å². The van der Waals surface area contributed by atoms with Crippen molar-refractivity contribution >= 4 is 39.1 Å². The average molecular weight is 440 g/mol. The van der Waals surface area contributed by atoms with E-state index in [9.17, 15) is 18.0 Å². The average Bonchev–Trinajstić information content (AvgIpc) is 2.68. The summed E-state index contributed by atoms with van der Waals surface area (Å²) in [6.07, 6.45) is 0. The number of rotatable bonds is 9. The lowest BCUT2D eigenvalue weighted by Gasteiger charge is -2.17.